The van der Waals surface area contributed by atoms with Crippen molar-refractivity contribution in [1.29, 1.82) is 0 Å². The fourth-order valence-electron chi connectivity index (χ4n) is 1.42. The SMILES string of the molecule is Cc1cccc(Oc2cc(F)ccc2F)c1N. The van der Waals surface area contributed by atoms with Crippen LogP contribution < -0.4 is 10.5 Å². The number of ether oxygens (including phenoxy) is 1. The summed E-state index contributed by atoms with van der Waals surface area (Å²) in [6.45, 7) is 1.81. The first kappa shape index (κ1) is 11.4. The van der Waals surface area contributed by atoms with E-state index in [1.165, 1.54) is 0 Å². The van der Waals surface area contributed by atoms with Gasteiger partial charge in [-0.05, 0) is 30.7 Å². The fraction of sp³-hybridized carbons (Fsp3) is 0.0769. The predicted molar refractivity (Wildman–Crippen MR) is 62.0 cm³/mol. The van der Waals surface area contributed by atoms with Crippen molar-refractivity contribution in [2.24, 2.45) is 0 Å². The van der Waals surface area contributed by atoms with Crippen LogP contribution in [-0.4, -0.2) is 0 Å². The third-order valence-electron chi connectivity index (χ3n) is 2.40. The average molecular weight is 235 g/mol. The van der Waals surface area contributed by atoms with E-state index in [0.29, 0.717) is 11.4 Å². The van der Waals surface area contributed by atoms with Crippen LogP contribution >= 0.6 is 0 Å². The van der Waals surface area contributed by atoms with Crippen LogP contribution in [0.5, 0.6) is 11.5 Å². The van der Waals surface area contributed by atoms with Gasteiger partial charge in [0.15, 0.2) is 17.3 Å². The van der Waals surface area contributed by atoms with Gasteiger partial charge >= 0.3 is 0 Å². The highest BCUT2D eigenvalue weighted by molar-refractivity contribution is 5.59. The number of nitrogen functional groups attached to an aromatic ring is 1. The van der Waals surface area contributed by atoms with E-state index in [9.17, 15) is 8.78 Å². The molecule has 17 heavy (non-hydrogen) atoms. The molecule has 0 unspecified atom stereocenters. The summed E-state index contributed by atoms with van der Waals surface area (Å²) in [6.07, 6.45) is 0. The zero-order chi connectivity index (χ0) is 12.4. The second-order valence-corrected chi connectivity index (χ2v) is 3.66. The summed E-state index contributed by atoms with van der Waals surface area (Å²) in [5, 5.41) is 0. The topological polar surface area (TPSA) is 35.2 Å². The molecular weight excluding hydrogens is 224 g/mol. The maximum Gasteiger partial charge on any atom is 0.166 e. The molecule has 2 N–H and O–H groups in total. The largest absolute Gasteiger partial charge is 0.452 e. The number of para-hydroxylation sites is 1. The number of nitrogens with two attached hydrogens (primary N) is 1. The molecule has 2 aromatic rings. The Bertz CT molecular complexity index is 555. The van der Waals surface area contributed by atoms with E-state index in [1.54, 1.807) is 12.1 Å². The van der Waals surface area contributed by atoms with Crippen molar-refractivity contribution < 1.29 is 13.5 Å². The van der Waals surface area contributed by atoms with Gasteiger partial charge < -0.3 is 10.5 Å². The highest BCUT2D eigenvalue weighted by atomic mass is 19.1. The van der Waals surface area contributed by atoms with Gasteiger partial charge in [0.2, 0.25) is 0 Å². The minimum absolute atomic E-state index is 0.178. The monoisotopic (exact) mass is 235 g/mol. The number of hydrogen-bond acceptors (Lipinski definition) is 2. The Labute approximate surface area is 97.6 Å². The summed E-state index contributed by atoms with van der Waals surface area (Å²) < 4.78 is 31.6. The Hall–Kier alpha value is -2.10. The first-order chi connectivity index (χ1) is 8.08. The number of anilines is 1. The van der Waals surface area contributed by atoms with Crippen LogP contribution in [0.4, 0.5) is 14.5 Å². The molecule has 0 amide bonds. The number of halogens is 2. The second kappa shape index (κ2) is 4.41. The average Bonchev–Trinajstić information content (AvgIpc) is 2.30. The van der Waals surface area contributed by atoms with E-state index in [-0.39, 0.29) is 5.75 Å². The lowest BCUT2D eigenvalue weighted by atomic mass is 10.2. The second-order valence-electron chi connectivity index (χ2n) is 3.66. The van der Waals surface area contributed by atoms with Gasteiger partial charge in [-0.25, -0.2) is 8.78 Å². The van der Waals surface area contributed by atoms with Gasteiger partial charge in [0.1, 0.15) is 5.82 Å². The molecule has 0 aromatic heterocycles. The Kier molecular flexibility index (Phi) is 2.95. The maximum absolute atomic E-state index is 13.4. The van der Waals surface area contributed by atoms with E-state index in [2.05, 4.69) is 0 Å². The van der Waals surface area contributed by atoms with Crippen LogP contribution in [0, 0.1) is 18.6 Å². The Balaban J connectivity index is 2.38. The summed E-state index contributed by atoms with van der Waals surface area (Å²) in [5.74, 6) is -1.06. The third kappa shape index (κ3) is 2.36. The van der Waals surface area contributed by atoms with Gasteiger partial charge in [-0.2, -0.15) is 0 Å². The zero-order valence-electron chi connectivity index (χ0n) is 9.21. The summed E-state index contributed by atoms with van der Waals surface area (Å²) >= 11 is 0. The molecular formula is C13H11F2NO. The van der Waals surface area contributed by atoms with Crippen molar-refractivity contribution in [3.63, 3.8) is 0 Å². The van der Waals surface area contributed by atoms with Crippen LogP contribution in [-0.2, 0) is 0 Å². The molecule has 0 aliphatic heterocycles. The van der Waals surface area contributed by atoms with Gasteiger partial charge in [0, 0.05) is 6.07 Å². The quantitative estimate of drug-likeness (QED) is 0.806. The van der Waals surface area contributed by atoms with E-state index in [0.717, 1.165) is 23.8 Å². The molecule has 0 saturated heterocycles. The lowest BCUT2D eigenvalue weighted by Gasteiger charge is -2.10. The maximum atomic E-state index is 13.4. The minimum atomic E-state index is -0.632. The Morgan fingerprint density at radius 2 is 1.82 bits per heavy atom. The van der Waals surface area contributed by atoms with Crippen LogP contribution in [0.3, 0.4) is 0 Å². The van der Waals surface area contributed by atoms with Gasteiger partial charge in [0.05, 0.1) is 5.69 Å². The molecule has 0 atom stereocenters. The molecule has 0 saturated carbocycles. The van der Waals surface area contributed by atoms with Crippen LogP contribution in [0.25, 0.3) is 0 Å². The van der Waals surface area contributed by atoms with E-state index < -0.39 is 11.6 Å². The molecule has 2 rings (SSSR count). The van der Waals surface area contributed by atoms with Gasteiger partial charge in [0.25, 0.3) is 0 Å². The van der Waals surface area contributed by atoms with Crippen molar-refractivity contribution in [1.82, 2.24) is 0 Å². The summed E-state index contributed by atoms with van der Waals surface area (Å²) in [7, 11) is 0. The Morgan fingerprint density at radius 3 is 2.59 bits per heavy atom. The predicted octanol–water partition coefficient (Wildman–Crippen LogP) is 3.65. The highest BCUT2D eigenvalue weighted by Gasteiger charge is 2.09. The molecule has 0 radical (unpaired) electrons. The molecule has 0 aliphatic carbocycles. The lowest BCUT2D eigenvalue weighted by molar-refractivity contribution is 0.438. The van der Waals surface area contributed by atoms with Crippen LogP contribution in [0.2, 0.25) is 0 Å². The first-order valence-electron chi connectivity index (χ1n) is 5.06. The Morgan fingerprint density at radius 1 is 1.06 bits per heavy atom. The molecule has 0 aliphatic rings. The van der Waals surface area contributed by atoms with Crippen LogP contribution in [0.15, 0.2) is 36.4 Å². The molecule has 0 heterocycles. The molecule has 0 spiro atoms. The van der Waals surface area contributed by atoms with Crippen molar-refractivity contribution in [3.8, 4) is 11.5 Å². The normalized spacial score (nSPS) is 10.3. The number of benzene rings is 2. The smallest absolute Gasteiger partial charge is 0.166 e. The zero-order valence-corrected chi connectivity index (χ0v) is 9.21. The number of rotatable bonds is 2. The van der Waals surface area contributed by atoms with E-state index in [1.807, 2.05) is 13.0 Å². The lowest BCUT2D eigenvalue weighted by Crippen LogP contribution is -1.96. The summed E-state index contributed by atoms with van der Waals surface area (Å²) in [4.78, 5) is 0. The first-order valence-corrected chi connectivity index (χ1v) is 5.06. The summed E-state index contributed by atoms with van der Waals surface area (Å²) in [6, 6.07) is 8.17. The standard InChI is InChI=1S/C13H11F2NO/c1-8-3-2-4-11(13(8)16)17-12-7-9(14)5-6-10(12)15/h2-7H,16H2,1H3. The van der Waals surface area contributed by atoms with Gasteiger partial charge in [-0.1, -0.05) is 12.1 Å². The van der Waals surface area contributed by atoms with Crippen molar-refractivity contribution >= 4 is 5.69 Å². The molecule has 0 fully saturated rings. The molecule has 0 bridgehead atoms. The third-order valence-corrected chi connectivity index (χ3v) is 2.40. The number of hydrogen-bond donors (Lipinski definition) is 1. The minimum Gasteiger partial charge on any atom is -0.452 e. The van der Waals surface area contributed by atoms with E-state index >= 15 is 0 Å². The van der Waals surface area contributed by atoms with Crippen molar-refractivity contribution in [3.05, 3.63) is 53.6 Å². The van der Waals surface area contributed by atoms with Crippen molar-refractivity contribution in [2.45, 2.75) is 6.92 Å². The van der Waals surface area contributed by atoms with Crippen molar-refractivity contribution in [2.75, 3.05) is 5.73 Å². The van der Waals surface area contributed by atoms with E-state index in [4.69, 9.17) is 10.5 Å². The fourth-order valence-corrected chi connectivity index (χ4v) is 1.42. The molecule has 2 nitrogen and oxygen atoms in total. The van der Waals surface area contributed by atoms with Crippen LogP contribution in [0.1, 0.15) is 5.56 Å². The molecule has 2 aromatic carbocycles. The summed E-state index contributed by atoms with van der Waals surface area (Å²) in [5.41, 5.74) is 7.01. The van der Waals surface area contributed by atoms with Gasteiger partial charge in [-0.15, -0.1) is 0 Å². The number of aryl methyl sites for hydroxylation is 1. The molecule has 88 valence electrons. The highest BCUT2D eigenvalue weighted by Crippen LogP contribution is 2.31. The molecule has 4 heteroatoms. The van der Waals surface area contributed by atoms with Gasteiger partial charge in [-0.3, -0.25) is 0 Å².